The third kappa shape index (κ3) is 5.87. The fourth-order valence-electron chi connectivity index (χ4n) is 1.05. The van der Waals surface area contributed by atoms with Crippen LogP contribution in [0.15, 0.2) is 0 Å². The number of thiol groups is 1. The Balaban J connectivity index is 4.37. The third-order valence-corrected chi connectivity index (χ3v) is 2.62. The maximum absolute atomic E-state index is 11.6. The largest absolute Gasteiger partial charge is 0.480 e. The molecule has 0 fully saturated rings. The molecule has 2 amide bonds. The first-order valence-corrected chi connectivity index (χ1v) is 6.09. The minimum absolute atomic E-state index is 0.0575. The molecule has 0 aromatic heterocycles. The Morgan fingerprint density at radius 2 is 1.83 bits per heavy atom. The first-order chi connectivity index (χ1) is 8.29. The van der Waals surface area contributed by atoms with Crippen LogP contribution in [0.1, 0.15) is 13.8 Å². The van der Waals surface area contributed by atoms with Crippen LogP contribution in [0.25, 0.3) is 0 Å². The lowest BCUT2D eigenvalue weighted by atomic mass is 10.0. The summed E-state index contributed by atoms with van der Waals surface area (Å²) >= 11 is 3.93. The molecule has 0 saturated carbocycles. The smallest absolute Gasteiger partial charge is 0.322 e. The number of aliphatic carboxylic acids is 1. The maximum atomic E-state index is 11.6. The zero-order chi connectivity index (χ0) is 14.3. The summed E-state index contributed by atoms with van der Waals surface area (Å²) in [5.74, 6) is -2.23. The van der Waals surface area contributed by atoms with Crippen LogP contribution in [-0.4, -0.2) is 47.3 Å². The molecule has 2 atom stereocenters. The van der Waals surface area contributed by atoms with Crippen molar-refractivity contribution in [1.29, 1.82) is 0 Å². The van der Waals surface area contributed by atoms with Crippen molar-refractivity contribution in [2.24, 2.45) is 11.7 Å². The quantitative estimate of drug-likeness (QED) is 0.366. The summed E-state index contributed by atoms with van der Waals surface area (Å²) in [7, 11) is 0. The second-order valence-corrected chi connectivity index (χ2v) is 4.49. The number of carboxylic acid groups (broad SMARTS) is 1. The highest BCUT2D eigenvalue weighted by Crippen LogP contribution is 1.99. The Bertz CT molecular complexity index is 322. The monoisotopic (exact) mass is 277 g/mol. The van der Waals surface area contributed by atoms with Gasteiger partial charge in [-0.3, -0.25) is 14.4 Å². The van der Waals surface area contributed by atoms with E-state index in [4.69, 9.17) is 10.8 Å². The highest BCUT2D eigenvalue weighted by molar-refractivity contribution is 7.80. The molecule has 0 saturated heterocycles. The van der Waals surface area contributed by atoms with Gasteiger partial charge in [0.05, 0.1) is 6.04 Å². The van der Waals surface area contributed by atoms with Gasteiger partial charge in [-0.2, -0.15) is 12.6 Å². The second kappa shape index (κ2) is 7.93. The van der Waals surface area contributed by atoms with Crippen LogP contribution < -0.4 is 16.4 Å². The van der Waals surface area contributed by atoms with E-state index in [1.165, 1.54) is 0 Å². The molecule has 0 spiro atoms. The lowest BCUT2D eigenvalue weighted by Gasteiger charge is -2.20. The molecule has 0 heterocycles. The normalized spacial score (nSPS) is 13.8. The van der Waals surface area contributed by atoms with Gasteiger partial charge < -0.3 is 21.5 Å². The molecule has 104 valence electrons. The number of carbonyl (C=O) groups excluding carboxylic acids is 2. The Morgan fingerprint density at radius 3 is 2.22 bits per heavy atom. The molecule has 0 rings (SSSR count). The third-order valence-electron chi connectivity index (χ3n) is 2.25. The first kappa shape index (κ1) is 16.7. The fourth-order valence-corrected chi connectivity index (χ4v) is 1.31. The van der Waals surface area contributed by atoms with Gasteiger partial charge in [0.2, 0.25) is 11.8 Å². The molecule has 5 N–H and O–H groups in total. The topological polar surface area (TPSA) is 122 Å². The average Bonchev–Trinajstić information content (AvgIpc) is 2.31. The van der Waals surface area contributed by atoms with E-state index in [0.29, 0.717) is 0 Å². The molecule has 8 heteroatoms. The summed E-state index contributed by atoms with van der Waals surface area (Å²) in [5.41, 5.74) is 5.62. The lowest BCUT2D eigenvalue weighted by Crippen LogP contribution is -2.54. The van der Waals surface area contributed by atoms with E-state index in [1.54, 1.807) is 13.8 Å². The van der Waals surface area contributed by atoms with E-state index in [-0.39, 0.29) is 11.7 Å². The first-order valence-electron chi connectivity index (χ1n) is 5.45. The van der Waals surface area contributed by atoms with Gasteiger partial charge >= 0.3 is 5.97 Å². The Morgan fingerprint density at radius 1 is 1.28 bits per heavy atom. The summed E-state index contributed by atoms with van der Waals surface area (Å²) in [6.45, 7) is 3.06. The molecule has 0 bridgehead atoms. The highest BCUT2D eigenvalue weighted by Gasteiger charge is 2.24. The van der Waals surface area contributed by atoms with E-state index < -0.39 is 36.4 Å². The predicted octanol–water partition coefficient (Wildman–Crippen LogP) is -1.41. The number of nitrogens with two attached hydrogens (primary N) is 1. The standard InChI is InChI=1S/C10H19N3O4S/c1-5(2)8(11)10(17)13-6(4-18)9(16)12-3-7(14)15/h5-6,8,18H,3-4,11H2,1-2H3,(H,12,16)(H,13,17)(H,14,15). The highest BCUT2D eigenvalue weighted by atomic mass is 32.1. The minimum Gasteiger partial charge on any atom is -0.480 e. The Labute approximate surface area is 111 Å². The van der Waals surface area contributed by atoms with Gasteiger partial charge in [-0.1, -0.05) is 13.8 Å². The van der Waals surface area contributed by atoms with E-state index >= 15 is 0 Å². The molecule has 2 unspecified atom stereocenters. The van der Waals surface area contributed by atoms with E-state index in [9.17, 15) is 14.4 Å². The maximum Gasteiger partial charge on any atom is 0.322 e. The van der Waals surface area contributed by atoms with Crippen molar-refractivity contribution in [3.63, 3.8) is 0 Å². The number of carboxylic acids is 1. The lowest BCUT2D eigenvalue weighted by molar-refractivity contribution is -0.138. The SMILES string of the molecule is CC(C)C(N)C(=O)NC(CS)C(=O)NCC(=O)O. The van der Waals surface area contributed by atoms with Crippen LogP contribution in [0, 0.1) is 5.92 Å². The van der Waals surface area contributed by atoms with Crippen molar-refractivity contribution in [3.05, 3.63) is 0 Å². The van der Waals surface area contributed by atoms with Crippen molar-refractivity contribution in [2.75, 3.05) is 12.3 Å². The molecule has 0 aliphatic heterocycles. The van der Waals surface area contributed by atoms with Crippen LogP contribution in [0.5, 0.6) is 0 Å². The number of amides is 2. The van der Waals surface area contributed by atoms with Crippen LogP contribution >= 0.6 is 12.6 Å². The van der Waals surface area contributed by atoms with Crippen molar-refractivity contribution in [1.82, 2.24) is 10.6 Å². The zero-order valence-corrected chi connectivity index (χ0v) is 11.2. The van der Waals surface area contributed by atoms with Crippen molar-refractivity contribution in [2.45, 2.75) is 25.9 Å². The molecule has 0 radical (unpaired) electrons. The second-order valence-electron chi connectivity index (χ2n) is 4.13. The fraction of sp³-hybridized carbons (Fsp3) is 0.700. The number of rotatable bonds is 7. The van der Waals surface area contributed by atoms with E-state index in [2.05, 4.69) is 23.3 Å². The van der Waals surface area contributed by atoms with Gasteiger partial charge in [0.1, 0.15) is 12.6 Å². The zero-order valence-electron chi connectivity index (χ0n) is 10.3. The van der Waals surface area contributed by atoms with Crippen LogP contribution in [0.3, 0.4) is 0 Å². The number of nitrogens with one attached hydrogen (secondary N) is 2. The van der Waals surface area contributed by atoms with Gasteiger partial charge in [-0.25, -0.2) is 0 Å². The summed E-state index contributed by atoms with van der Waals surface area (Å²) in [6.07, 6.45) is 0. The molecular weight excluding hydrogens is 258 g/mol. The number of carbonyl (C=O) groups is 3. The molecule has 0 aromatic rings. The minimum atomic E-state index is -1.16. The van der Waals surface area contributed by atoms with Crippen molar-refractivity contribution in [3.8, 4) is 0 Å². The Kier molecular flexibility index (Phi) is 7.37. The van der Waals surface area contributed by atoms with Crippen LogP contribution in [-0.2, 0) is 14.4 Å². The van der Waals surface area contributed by atoms with Crippen molar-refractivity contribution < 1.29 is 19.5 Å². The molecular formula is C10H19N3O4S. The molecule has 0 aliphatic carbocycles. The van der Waals surface area contributed by atoms with E-state index in [0.717, 1.165) is 0 Å². The number of hydrogen-bond acceptors (Lipinski definition) is 5. The summed E-state index contributed by atoms with van der Waals surface area (Å²) < 4.78 is 0. The molecule has 7 nitrogen and oxygen atoms in total. The Hall–Kier alpha value is -1.28. The van der Waals surface area contributed by atoms with Crippen LogP contribution in [0.4, 0.5) is 0 Å². The van der Waals surface area contributed by atoms with Crippen LogP contribution in [0.2, 0.25) is 0 Å². The predicted molar refractivity (Wildman–Crippen MR) is 69.2 cm³/mol. The summed E-state index contributed by atoms with van der Waals surface area (Å²) in [5, 5.41) is 13.0. The van der Waals surface area contributed by atoms with Gasteiger partial charge in [0.15, 0.2) is 0 Å². The molecule has 0 aliphatic rings. The average molecular weight is 277 g/mol. The summed E-state index contributed by atoms with van der Waals surface area (Å²) in [4.78, 5) is 33.5. The van der Waals surface area contributed by atoms with Crippen molar-refractivity contribution >= 4 is 30.4 Å². The van der Waals surface area contributed by atoms with E-state index in [1.807, 2.05) is 0 Å². The van der Waals surface area contributed by atoms with Gasteiger partial charge in [-0.15, -0.1) is 0 Å². The van der Waals surface area contributed by atoms with Gasteiger partial charge in [0.25, 0.3) is 0 Å². The molecule has 0 aromatic carbocycles. The summed E-state index contributed by atoms with van der Waals surface area (Å²) in [6, 6.07) is -1.62. The number of hydrogen-bond donors (Lipinski definition) is 5. The van der Waals surface area contributed by atoms with Gasteiger partial charge in [-0.05, 0) is 5.92 Å². The van der Waals surface area contributed by atoms with Gasteiger partial charge in [0, 0.05) is 5.75 Å². The molecule has 18 heavy (non-hydrogen) atoms.